The van der Waals surface area contributed by atoms with Crippen molar-refractivity contribution in [2.45, 2.75) is 26.4 Å². The molecule has 0 bridgehead atoms. The lowest BCUT2D eigenvalue weighted by Gasteiger charge is -2.35. The predicted molar refractivity (Wildman–Crippen MR) is 121 cm³/mol. The summed E-state index contributed by atoms with van der Waals surface area (Å²) in [4.78, 5) is 20.1. The molecular formula is C23H28FN5O2S. The van der Waals surface area contributed by atoms with Gasteiger partial charge in [-0.1, -0.05) is 31.2 Å². The van der Waals surface area contributed by atoms with Gasteiger partial charge in [-0.3, -0.25) is 14.6 Å². The molecule has 1 fully saturated rings. The van der Waals surface area contributed by atoms with Gasteiger partial charge in [0.2, 0.25) is 11.8 Å². The first-order chi connectivity index (χ1) is 15.6. The largest absolute Gasteiger partial charge is 0.418 e. The zero-order chi connectivity index (χ0) is 22.3. The number of rotatable bonds is 9. The number of thiophene rings is 1. The van der Waals surface area contributed by atoms with Crippen LogP contribution >= 0.6 is 11.3 Å². The lowest BCUT2D eigenvalue weighted by atomic mass is 10.2. The van der Waals surface area contributed by atoms with Crippen LogP contribution in [0.3, 0.4) is 0 Å². The fraction of sp³-hybridized carbons (Fsp3) is 0.435. The van der Waals surface area contributed by atoms with Crippen LogP contribution in [-0.2, 0) is 17.9 Å². The van der Waals surface area contributed by atoms with E-state index in [1.54, 1.807) is 22.3 Å². The molecule has 9 heteroatoms. The molecule has 0 atom stereocenters. The van der Waals surface area contributed by atoms with E-state index in [1.807, 2.05) is 36.6 Å². The van der Waals surface area contributed by atoms with Crippen molar-refractivity contribution < 1.29 is 13.6 Å². The molecule has 32 heavy (non-hydrogen) atoms. The summed E-state index contributed by atoms with van der Waals surface area (Å²) in [6, 6.07) is 10.8. The Bertz CT molecular complexity index is 1000. The van der Waals surface area contributed by atoms with Gasteiger partial charge in [-0.25, -0.2) is 4.39 Å². The minimum atomic E-state index is -0.163. The maximum absolute atomic E-state index is 13.9. The summed E-state index contributed by atoms with van der Waals surface area (Å²) < 4.78 is 19.7. The van der Waals surface area contributed by atoms with Gasteiger partial charge in [0.15, 0.2) is 0 Å². The van der Waals surface area contributed by atoms with Gasteiger partial charge < -0.3 is 9.32 Å². The molecule has 3 aromatic rings. The second-order valence-corrected chi connectivity index (χ2v) is 8.88. The zero-order valence-electron chi connectivity index (χ0n) is 18.2. The minimum Gasteiger partial charge on any atom is -0.418 e. The van der Waals surface area contributed by atoms with Gasteiger partial charge in [0, 0.05) is 44.8 Å². The van der Waals surface area contributed by atoms with Crippen LogP contribution < -0.4 is 0 Å². The van der Waals surface area contributed by atoms with Gasteiger partial charge in [-0.05, 0) is 23.9 Å². The molecule has 1 aromatic carbocycles. The Labute approximate surface area is 191 Å². The minimum absolute atomic E-state index is 0.0604. The van der Waals surface area contributed by atoms with Crippen LogP contribution in [0.1, 0.15) is 24.8 Å². The first kappa shape index (κ1) is 22.6. The van der Waals surface area contributed by atoms with Gasteiger partial charge in [0.25, 0.3) is 5.89 Å². The first-order valence-corrected chi connectivity index (χ1v) is 11.8. The number of hydrogen-bond acceptors (Lipinski definition) is 7. The van der Waals surface area contributed by atoms with Crippen LogP contribution in [0.4, 0.5) is 4.39 Å². The maximum atomic E-state index is 13.9. The Balaban J connectivity index is 1.28. The first-order valence-electron chi connectivity index (χ1n) is 10.9. The number of hydrogen-bond donors (Lipinski definition) is 0. The third-order valence-electron chi connectivity index (χ3n) is 5.55. The van der Waals surface area contributed by atoms with E-state index in [9.17, 15) is 9.18 Å². The molecule has 0 aliphatic carbocycles. The molecule has 0 saturated carbocycles. The highest BCUT2D eigenvalue weighted by Gasteiger charge is 2.23. The SMILES string of the molecule is CCCN(Cc1nnc(-c2cccs2)o1)C(=O)CN1CCN(Cc2ccccc2F)CC1. The van der Waals surface area contributed by atoms with Crippen LogP contribution in [0.2, 0.25) is 0 Å². The summed E-state index contributed by atoms with van der Waals surface area (Å²) in [6.07, 6.45) is 0.855. The van der Waals surface area contributed by atoms with Crippen LogP contribution in [0, 0.1) is 5.82 Å². The number of carbonyl (C=O) groups is 1. The van der Waals surface area contributed by atoms with E-state index in [0.717, 1.165) is 37.5 Å². The molecule has 1 amide bonds. The molecule has 7 nitrogen and oxygen atoms in total. The highest BCUT2D eigenvalue weighted by Crippen LogP contribution is 2.23. The number of carbonyl (C=O) groups excluding carboxylic acids is 1. The number of halogens is 1. The van der Waals surface area contributed by atoms with E-state index in [2.05, 4.69) is 20.0 Å². The molecule has 1 aliphatic rings. The van der Waals surface area contributed by atoms with Crippen LogP contribution in [0.5, 0.6) is 0 Å². The summed E-state index contributed by atoms with van der Waals surface area (Å²) in [5.41, 5.74) is 0.715. The fourth-order valence-corrected chi connectivity index (χ4v) is 4.45. The number of benzene rings is 1. The Morgan fingerprint density at radius 1 is 1.12 bits per heavy atom. The van der Waals surface area contributed by atoms with Gasteiger partial charge in [-0.15, -0.1) is 21.5 Å². The van der Waals surface area contributed by atoms with E-state index >= 15 is 0 Å². The van der Waals surface area contributed by atoms with Crippen LogP contribution in [0.25, 0.3) is 10.8 Å². The fourth-order valence-electron chi connectivity index (χ4n) is 3.81. The van der Waals surface area contributed by atoms with Crippen molar-refractivity contribution in [3.63, 3.8) is 0 Å². The average Bonchev–Trinajstić information content (AvgIpc) is 3.48. The van der Waals surface area contributed by atoms with E-state index in [-0.39, 0.29) is 11.7 Å². The number of piperazine rings is 1. The Morgan fingerprint density at radius 3 is 2.62 bits per heavy atom. The third-order valence-corrected chi connectivity index (χ3v) is 6.40. The molecule has 170 valence electrons. The molecule has 1 aliphatic heterocycles. The zero-order valence-corrected chi connectivity index (χ0v) is 19.1. The molecule has 0 N–H and O–H groups in total. The summed E-state index contributed by atoms with van der Waals surface area (Å²) in [5.74, 6) is 0.837. The second kappa shape index (κ2) is 10.8. The number of nitrogens with zero attached hydrogens (tertiary/aromatic N) is 5. The van der Waals surface area contributed by atoms with Crippen molar-refractivity contribution >= 4 is 17.2 Å². The molecule has 2 aromatic heterocycles. The monoisotopic (exact) mass is 457 g/mol. The molecule has 4 rings (SSSR count). The standard InChI is InChI=1S/C23H28FN5O2S/c1-2-9-29(16-21-25-26-23(31-21)20-8-5-14-32-20)22(30)17-28-12-10-27(11-13-28)15-18-6-3-4-7-19(18)24/h3-8,14H,2,9-13,15-17H2,1H3. The second-order valence-electron chi connectivity index (χ2n) is 7.94. The summed E-state index contributed by atoms with van der Waals surface area (Å²) in [7, 11) is 0. The normalized spacial score (nSPS) is 15.2. The van der Waals surface area contributed by atoms with E-state index < -0.39 is 0 Å². The Kier molecular flexibility index (Phi) is 7.62. The van der Waals surface area contributed by atoms with Crippen molar-refractivity contribution in [2.24, 2.45) is 0 Å². The van der Waals surface area contributed by atoms with Crippen LogP contribution in [0.15, 0.2) is 46.2 Å². The summed E-state index contributed by atoms with van der Waals surface area (Å²) >= 11 is 1.54. The predicted octanol–water partition coefficient (Wildman–Crippen LogP) is 3.49. The van der Waals surface area contributed by atoms with E-state index in [1.165, 1.54) is 6.07 Å². The quantitative estimate of drug-likeness (QED) is 0.490. The Hall–Kier alpha value is -2.62. The molecule has 0 spiro atoms. The molecule has 3 heterocycles. The van der Waals surface area contributed by atoms with E-state index in [4.69, 9.17) is 4.42 Å². The van der Waals surface area contributed by atoms with Crippen molar-refractivity contribution in [3.05, 3.63) is 59.0 Å². The highest BCUT2D eigenvalue weighted by molar-refractivity contribution is 7.13. The van der Waals surface area contributed by atoms with Crippen molar-refractivity contribution in [1.29, 1.82) is 0 Å². The smallest absolute Gasteiger partial charge is 0.257 e. The molecular weight excluding hydrogens is 429 g/mol. The highest BCUT2D eigenvalue weighted by atomic mass is 32.1. The molecule has 0 unspecified atom stereocenters. The van der Waals surface area contributed by atoms with Crippen molar-refractivity contribution in [1.82, 2.24) is 24.9 Å². The average molecular weight is 458 g/mol. The number of aromatic nitrogens is 2. The van der Waals surface area contributed by atoms with Gasteiger partial charge >= 0.3 is 0 Å². The topological polar surface area (TPSA) is 65.7 Å². The van der Waals surface area contributed by atoms with Crippen molar-refractivity contribution in [3.8, 4) is 10.8 Å². The van der Waals surface area contributed by atoms with Crippen LogP contribution in [-0.4, -0.2) is 70.1 Å². The van der Waals surface area contributed by atoms with Gasteiger partial charge in [-0.2, -0.15) is 0 Å². The van der Waals surface area contributed by atoms with Crippen molar-refractivity contribution in [2.75, 3.05) is 39.3 Å². The van der Waals surface area contributed by atoms with E-state index in [0.29, 0.717) is 43.5 Å². The lowest BCUT2D eigenvalue weighted by Crippen LogP contribution is -2.49. The third kappa shape index (κ3) is 5.79. The summed E-state index contributed by atoms with van der Waals surface area (Å²) in [6.45, 7) is 7.15. The van der Waals surface area contributed by atoms with Gasteiger partial charge in [0.1, 0.15) is 5.82 Å². The molecule has 0 radical (unpaired) electrons. The maximum Gasteiger partial charge on any atom is 0.257 e. The summed E-state index contributed by atoms with van der Waals surface area (Å²) in [5, 5.41) is 10.2. The van der Waals surface area contributed by atoms with Gasteiger partial charge in [0.05, 0.1) is 18.0 Å². The Morgan fingerprint density at radius 2 is 1.91 bits per heavy atom. The molecule has 1 saturated heterocycles. The lowest BCUT2D eigenvalue weighted by molar-refractivity contribution is -0.133. The number of amides is 1.